The minimum Gasteiger partial charge on any atom is -0.288 e. The lowest BCUT2D eigenvalue weighted by Gasteiger charge is -2.02. The first-order valence-electron chi connectivity index (χ1n) is 5.06. The summed E-state index contributed by atoms with van der Waals surface area (Å²) in [5.74, 6) is -0.598. The van der Waals surface area contributed by atoms with E-state index in [1.165, 1.54) is 17.6 Å². The predicted molar refractivity (Wildman–Crippen MR) is 63.2 cm³/mol. The molecule has 2 aromatic rings. The Kier molecular flexibility index (Phi) is 3.11. The fraction of sp³-hybridized carbons (Fsp3) is 0.0833. The van der Waals surface area contributed by atoms with Crippen molar-refractivity contribution in [3.63, 3.8) is 0 Å². The largest absolute Gasteiger partial charge is 0.288 e. The molecule has 0 bridgehead atoms. The molecule has 2 rings (SSSR count). The lowest BCUT2D eigenvalue weighted by atomic mass is 10.2. The molecule has 0 radical (unpaired) electrons. The number of amides is 1. The molecule has 0 unspecified atom stereocenters. The third-order valence-corrected chi connectivity index (χ3v) is 2.28. The molecule has 2 N–H and O–H groups in total. The first kappa shape index (κ1) is 11.2. The summed E-state index contributed by atoms with van der Waals surface area (Å²) in [5, 5.41) is 8.37. The number of para-hydroxylation sites is 2. The van der Waals surface area contributed by atoms with Gasteiger partial charge in [0.15, 0.2) is 0 Å². The van der Waals surface area contributed by atoms with Gasteiger partial charge in [-0.3, -0.25) is 10.0 Å². The number of carbonyl (C=O) groups excluding carboxylic acids is 1. The van der Waals surface area contributed by atoms with Crippen LogP contribution in [0, 0.1) is 6.92 Å². The monoisotopic (exact) mass is 229 g/mol. The van der Waals surface area contributed by atoms with E-state index < -0.39 is 5.91 Å². The number of hydrogen-bond donors (Lipinski definition) is 2. The molecule has 5 heteroatoms. The molecule has 17 heavy (non-hydrogen) atoms. The maximum atomic E-state index is 10.9. The molecule has 0 aliphatic heterocycles. The van der Waals surface area contributed by atoms with Crippen LogP contribution in [0.2, 0.25) is 0 Å². The van der Waals surface area contributed by atoms with Crippen LogP contribution in [0.1, 0.15) is 11.4 Å². The Morgan fingerprint density at radius 3 is 2.59 bits per heavy atom. The zero-order valence-electron chi connectivity index (χ0n) is 9.21. The highest BCUT2D eigenvalue weighted by Gasteiger charge is 2.02. The van der Waals surface area contributed by atoms with Crippen molar-refractivity contribution in [2.45, 2.75) is 6.92 Å². The minimum atomic E-state index is -0.598. The van der Waals surface area contributed by atoms with Crippen LogP contribution in [0.4, 0.5) is 0 Å². The van der Waals surface area contributed by atoms with E-state index in [2.05, 4.69) is 9.97 Å². The van der Waals surface area contributed by atoms with Crippen LogP contribution < -0.4 is 5.48 Å². The van der Waals surface area contributed by atoms with Crippen molar-refractivity contribution in [1.82, 2.24) is 15.4 Å². The SMILES string of the molecule is Cc1nc2ccccc2nc1C=CC(=O)NO. The molecular formula is C12H11N3O2. The number of rotatable bonds is 2. The van der Waals surface area contributed by atoms with E-state index in [-0.39, 0.29) is 0 Å². The molecule has 0 spiro atoms. The average molecular weight is 229 g/mol. The number of carbonyl (C=O) groups is 1. The Morgan fingerprint density at radius 2 is 1.94 bits per heavy atom. The number of aromatic nitrogens is 2. The van der Waals surface area contributed by atoms with Gasteiger partial charge < -0.3 is 0 Å². The molecule has 0 fully saturated rings. The second-order valence-corrected chi connectivity index (χ2v) is 3.49. The van der Waals surface area contributed by atoms with Crippen LogP contribution in [-0.2, 0) is 4.79 Å². The molecule has 1 aromatic carbocycles. The van der Waals surface area contributed by atoms with Crippen LogP contribution >= 0.6 is 0 Å². The predicted octanol–water partition coefficient (Wildman–Crippen LogP) is 1.46. The van der Waals surface area contributed by atoms with Crippen molar-refractivity contribution >= 4 is 23.0 Å². The lowest BCUT2D eigenvalue weighted by molar-refractivity contribution is -0.124. The quantitative estimate of drug-likeness (QED) is 0.464. The molecule has 0 aliphatic rings. The van der Waals surface area contributed by atoms with Gasteiger partial charge in [0.05, 0.1) is 22.4 Å². The number of aryl methyl sites for hydroxylation is 1. The summed E-state index contributed by atoms with van der Waals surface area (Å²) >= 11 is 0. The Bertz CT molecular complexity index is 593. The Balaban J connectivity index is 2.44. The maximum Gasteiger partial charge on any atom is 0.267 e. The highest BCUT2D eigenvalue weighted by Crippen LogP contribution is 2.12. The Labute approximate surface area is 97.8 Å². The van der Waals surface area contributed by atoms with E-state index in [0.717, 1.165) is 16.7 Å². The second-order valence-electron chi connectivity index (χ2n) is 3.49. The summed E-state index contributed by atoms with van der Waals surface area (Å²) < 4.78 is 0. The summed E-state index contributed by atoms with van der Waals surface area (Å²) in [7, 11) is 0. The van der Waals surface area contributed by atoms with Crippen LogP contribution in [0.3, 0.4) is 0 Å². The number of hydroxylamine groups is 1. The number of hydrogen-bond acceptors (Lipinski definition) is 4. The van der Waals surface area contributed by atoms with Gasteiger partial charge in [0, 0.05) is 6.08 Å². The van der Waals surface area contributed by atoms with Crippen LogP contribution in [0.25, 0.3) is 17.1 Å². The number of benzene rings is 1. The fourth-order valence-electron chi connectivity index (χ4n) is 1.45. The van der Waals surface area contributed by atoms with E-state index in [1.54, 1.807) is 0 Å². The van der Waals surface area contributed by atoms with Gasteiger partial charge in [-0.25, -0.2) is 15.4 Å². The third kappa shape index (κ3) is 2.46. The van der Waals surface area contributed by atoms with Gasteiger partial charge in [0.1, 0.15) is 0 Å². The normalized spacial score (nSPS) is 10.9. The first-order chi connectivity index (χ1) is 8.20. The molecule has 5 nitrogen and oxygen atoms in total. The van der Waals surface area contributed by atoms with Crippen molar-refractivity contribution in [2.75, 3.05) is 0 Å². The molecule has 0 saturated heterocycles. The van der Waals surface area contributed by atoms with E-state index in [9.17, 15) is 4.79 Å². The minimum absolute atomic E-state index is 0.598. The third-order valence-electron chi connectivity index (χ3n) is 2.28. The summed E-state index contributed by atoms with van der Waals surface area (Å²) in [5.41, 5.74) is 4.43. The van der Waals surface area contributed by atoms with E-state index >= 15 is 0 Å². The average Bonchev–Trinajstić information content (AvgIpc) is 2.35. The van der Waals surface area contributed by atoms with Gasteiger partial charge >= 0.3 is 0 Å². The summed E-state index contributed by atoms with van der Waals surface area (Å²) in [6.07, 6.45) is 2.71. The fourth-order valence-corrected chi connectivity index (χ4v) is 1.45. The molecule has 1 heterocycles. The molecule has 0 saturated carbocycles. The molecular weight excluding hydrogens is 218 g/mol. The number of nitrogens with zero attached hydrogens (tertiary/aromatic N) is 2. The first-order valence-corrected chi connectivity index (χ1v) is 5.06. The number of fused-ring (bicyclic) bond motifs is 1. The second kappa shape index (κ2) is 4.71. The highest BCUT2D eigenvalue weighted by molar-refractivity contribution is 5.91. The van der Waals surface area contributed by atoms with Gasteiger partial charge in [-0.05, 0) is 25.1 Å². The maximum absolute atomic E-state index is 10.9. The Morgan fingerprint density at radius 1 is 1.29 bits per heavy atom. The number of nitrogens with one attached hydrogen (secondary N) is 1. The van der Waals surface area contributed by atoms with Crippen LogP contribution in [0.15, 0.2) is 30.3 Å². The standard InChI is InChI=1S/C12H11N3O2/c1-8-9(6-7-12(16)15-17)14-11-5-3-2-4-10(11)13-8/h2-7,17H,1H3,(H,15,16). The molecule has 1 aromatic heterocycles. The van der Waals surface area contributed by atoms with Gasteiger partial charge in [-0.15, -0.1) is 0 Å². The molecule has 0 atom stereocenters. The van der Waals surface area contributed by atoms with Crippen LogP contribution in [0.5, 0.6) is 0 Å². The van der Waals surface area contributed by atoms with Gasteiger partial charge in [0.25, 0.3) is 5.91 Å². The summed E-state index contributed by atoms with van der Waals surface area (Å²) in [6, 6.07) is 7.50. The van der Waals surface area contributed by atoms with E-state index in [0.29, 0.717) is 5.69 Å². The summed E-state index contributed by atoms with van der Waals surface area (Å²) in [4.78, 5) is 19.6. The van der Waals surface area contributed by atoms with E-state index in [1.807, 2.05) is 31.2 Å². The van der Waals surface area contributed by atoms with Crippen LogP contribution in [-0.4, -0.2) is 21.1 Å². The van der Waals surface area contributed by atoms with Crippen molar-refractivity contribution in [3.8, 4) is 0 Å². The topological polar surface area (TPSA) is 75.1 Å². The molecule has 86 valence electrons. The van der Waals surface area contributed by atoms with Crippen molar-refractivity contribution in [3.05, 3.63) is 41.7 Å². The Hall–Kier alpha value is -2.27. The summed E-state index contributed by atoms with van der Waals surface area (Å²) in [6.45, 7) is 1.82. The van der Waals surface area contributed by atoms with Crippen molar-refractivity contribution in [2.24, 2.45) is 0 Å². The lowest BCUT2D eigenvalue weighted by Crippen LogP contribution is -2.14. The zero-order valence-corrected chi connectivity index (χ0v) is 9.21. The van der Waals surface area contributed by atoms with Crippen molar-refractivity contribution < 1.29 is 10.0 Å². The molecule has 1 amide bonds. The van der Waals surface area contributed by atoms with Gasteiger partial charge in [-0.1, -0.05) is 12.1 Å². The van der Waals surface area contributed by atoms with Gasteiger partial charge in [-0.2, -0.15) is 0 Å². The van der Waals surface area contributed by atoms with E-state index in [4.69, 9.17) is 5.21 Å². The van der Waals surface area contributed by atoms with Crippen molar-refractivity contribution in [1.29, 1.82) is 0 Å². The molecule has 0 aliphatic carbocycles. The van der Waals surface area contributed by atoms with Gasteiger partial charge in [0.2, 0.25) is 0 Å². The zero-order chi connectivity index (χ0) is 12.3. The highest BCUT2D eigenvalue weighted by atomic mass is 16.5. The smallest absolute Gasteiger partial charge is 0.267 e.